The number of hydrogen-bond acceptors (Lipinski definition) is 3. The predicted octanol–water partition coefficient (Wildman–Crippen LogP) is 1.42. The van der Waals surface area contributed by atoms with Crippen molar-refractivity contribution in [1.29, 1.82) is 0 Å². The Kier molecular flexibility index (Phi) is 8.39. The third-order valence-corrected chi connectivity index (χ3v) is 2.97. The van der Waals surface area contributed by atoms with Gasteiger partial charge in [-0.1, -0.05) is 31.2 Å². The van der Waals surface area contributed by atoms with Crippen molar-refractivity contribution in [3.8, 4) is 0 Å². The summed E-state index contributed by atoms with van der Waals surface area (Å²) in [4.78, 5) is 11.7. The molecule has 19 heavy (non-hydrogen) atoms. The van der Waals surface area contributed by atoms with Gasteiger partial charge in [-0.3, -0.25) is 4.79 Å². The van der Waals surface area contributed by atoms with E-state index in [1.807, 2.05) is 45.2 Å². The summed E-state index contributed by atoms with van der Waals surface area (Å²) < 4.78 is 0. The van der Waals surface area contributed by atoms with Crippen molar-refractivity contribution in [2.75, 3.05) is 20.1 Å². The van der Waals surface area contributed by atoms with Gasteiger partial charge in [0.15, 0.2) is 0 Å². The Bertz CT molecular complexity index is 399. The van der Waals surface area contributed by atoms with Crippen LogP contribution in [0.15, 0.2) is 24.3 Å². The Morgan fingerprint density at radius 1 is 1.32 bits per heavy atom. The first-order valence-corrected chi connectivity index (χ1v) is 6.22. The molecule has 1 aromatic carbocycles. The fraction of sp³-hybridized carbons (Fsp3) is 0.500. The van der Waals surface area contributed by atoms with E-state index in [4.69, 9.17) is 0 Å². The van der Waals surface area contributed by atoms with E-state index < -0.39 is 6.10 Å². The number of benzene rings is 1. The first kappa shape index (κ1) is 17.9. The summed E-state index contributed by atoms with van der Waals surface area (Å²) in [5.74, 6) is -0.143. The number of rotatable bonds is 6. The van der Waals surface area contributed by atoms with Crippen molar-refractivity contribution in [2.24, 2.45) is 5.92 Å². The molecule has 0 aliphatic heterocycles. The topological polar surface area (TPSA) is 61.4 Å². The third kappa shape index (κ3) is 5.59. The maximum absolute atomic E-state index is 11.7. The number of amides is 1. The van der Waals surface area contributed by atoms with E-state index >= 15 is 0 Å². The zero-order valence-electron chi connectivity index (χ0n) is 11.6. The van der Waals surface area contributed by atoms with E-state index in [1.165, 1.54) is 0 Å². The normalized spacial score (nSPS) is 13.3. The van der Waals surface area contributed by atoms with Gasteiger partial charge in [-0.15, -0.1) is 12.4 Å². The van der Waals surface area contributed by atoms with Crippen molar-refractivity contribution in [1.82, 2.24) is 10.6 Å². The maximum Gasteiger partial charge on any atom is 0.224 e. The van der Waals surface area contributed by atoms with Crippen LogP contribution < -0.4 is 10.6 Å². The van der Waals surface area contributed by atoms with Gasteiger partial charge in [0.1, 0.15) is 0 Å². The molecule has 0 heterocycles. The summed E-state index contributed by atoms with van der Waals surface area (Å²) in [6.07, 6.45) is -0.656. The van der Waals surface area contributed by atoms with Crippen molar-refractivity contribution in [3.63, 3.8) is 0 Å². The summed E-state index contributed by atoms with van der Waals surface area (Å²) >= 11 is 0. The van der Waals surface area contributed by atoms with Crippen LogP contribution in [0.5, 0.6) is 0 Å². The van der Waals surface area contributed by atoms with Crippen LogP contribution in [0, 0.1) is 12.8 Å². The highest BCUT2D eigenvalue weighted by molar-refractivity contribution is 5.85. The first-order chi connectivity index (χ1) is 8.56. The molecule has 4 nitrogen and oxygen atoms in total. The minimum Gasteiger partial charge on any atom is -0.387 e. The highest BCUT2D eigenvalue weighted by atomic mass is 35.5. The van der Waals surface area contributed by atoms with Crippen molar-refractivity contribution >= 4 is 18.3 Å². The average Bonchev–Trinajstić information content (AvgIpc) is 2.36. The largest absolute Gasteiger partial charge is 0.387 e. The lowest BCUT2D eigenvalue weighted by Gasteiger charge is -2.16. The second-order valence-electron chi connectivity index (χ2n) is 4.58. The molecule has 2 atom stereocenters. The lowest BCUT2D eigenvalue weighted by molar-refractivity contribution is -0.124. The molecule has 3 N–H and O–H groups in total. The minimum absolute atomic E-state index is 0. The summed E-state index contributed by atoms with van der Waals surface area (Å²) in [6.45, 7) is 4.68. The molecule has 108 valence electrons. The van der Waals surface area contributed by atoms with Gasteiger partial charge >= 0.3 is 0 Å². The lowest BCUT2D eigenvalue weighted by atomic mass is 10.0. The van der Waals surface area contributed by atoms with Gasteiger partial charge in [0.05, 0.1) is 6.10 Å². The predicted molar refractivity (Wildman–Crippen MR) is 79.5 cm³/mol. The summed E-state index contributed by atoms with van der Waals surface area (Å²) in [5, 5.41) is 15.7. The molecule has 0 bridgehead atoms. The Morgan fingerprint density at radius 3 is 2.53 bits per heavy atom. The van der Waals surface area contributed by atoms with Gasteiger partial charge in [0.2, 0.25) is 5.91 Å². The molecule has 0 spiro atoms. The highest BCUT2D eigenvalue weighted by Gasteiger charge is 2.15. The maximum atomic E-state index is 11.7. The number of carbonyl (C=O) groups excluding carboxylic acids is 1. The Hall–Kier alpha value is -1.10. The standard InChI is InChI=1S/C14H22N2O2.ClH/c1-10-6-4-5-7-12(10)13(17)9-16-14(18)11(2)8-15-3;/h4-7,11,13,15,17H,8-9H2,1-3H3,(H,16,18);1H. The molecule has 2 unspecified atom stereocenters. The van der Waals surface area contributed by atoms with Crippen LogP contribution in [0.2, 0.25) is 0 Å². The molecule has 0 fully saturated rings. The highest BCUT2D eigenvalue weighted by Crippen LogP contribution is 2.16. The van der Waals surface area contributed by atoms with Gasteiger partial charge in [-0.05, 0) is 25.1 Å². The summed E-state index contributed by atoms with van der Waals surface area (Å²) in [6, 6.07) is 7.64. The monoisotopic (exact) mass is 286 g/mol. The SMILES string of the molecule is CNCC(C)C(=O)NCC(O)c1ccccc1C.Cl. The van der Waals surface area contributed by atoms with Crippen LogP contribution in [-0.2, 0) is 4.79 Å². The molecule has 5 heteroatoms. The second-order valence-corrected chi connectivity index (χ2v) is 4.58. The number of hydrogen-bond donors (Lipinski definition) is 3. The van der Waals surface area contributed by atoms with Gasteiger partial charge in [0.25, 0.3) is 0 Å². The molecule has 0 aliphatic rings. The van der Waals surface area contributed by atoms with Crippen LogP contribution in [0.1, 0.15) is 24.2 Å². The molecule has 1 amide bonds. The quantitative estimate of drug-likeness (QED) is 0.741. The summed E-state index contributed by atoms with van der Waals surface area (Å²) in [5.41, 5.74) is 1.89. The van der Waals surface area contributed by atoms with Crippen LogP contribution in [0.3, 0.4) is 0 Å². The van der Waals surface area contributed by atoms with Crippen LogP contribution in [-0.4, -0.2) is 31.2 Å². The molecule has 0 aromatic heterocycles. The zero-order valence-corrected chi connectivity index (χ0v) is 12.5. The number of nitrogens with one attached hydrogen (secondary N) is 2. The van der Waals surface area contributed by atoms with E-state index in [1.54, 1.807) is 0 Å². The van der Waals surface area contributed by atoms with E-state index in [0.29, 0.717) is 6.54 Å². The minimum atomic E-state index is -0.656. The van der Waals surface area contributed by atoms with Crippen LogP contribution in [0.25, 0.3) is 0 Å². The Morgan fingerprint density at radius 2 is 1.95 bits per heavy atom. The first-order valence-electron chi connectivity index (χ1n) is 6.22. The smallest absolute Gasteiger partial charge is 0.224 e. The molecule has 1 rings (SSSR count). The fourth-order valence-corrected chi connectivity index (χ4v) is 1.84. The second kappa shape index (κ2) is 8.91. The summed E-state index contributed by atoms with van der Waals surface area (Å²) in [7, 11) is 1.81. The number of halogens is 1. The van der Waals surface area contributed by atoms with Gasteiger partial charge < -0.3 is 15.7 Å². The average molecular weight is 287 g/mol. The van der Waals surface area contributed by atoms with Gasteiger partial charge in [-0.25, -0.2) is 0 Å². The Balaban J connectivity index is 0.00000324. The zero-order chi connectivity index (χ0) is 13.5. The van der Waals surface area contributed by atoms with Crippen molar-refractivity contribution < 1.29 is 9.90 Å². The fourth-order valence-electron chi connectivity index (χ4n) is 1.84. The van der Waals surface area contributed by atoms with Crippen molar-refractivity contribution in [2.45, 2.75) is 20.0 Å². The van der Waals surface area contributed by atoms with Crippen molar-refractivity contribution in [3.05, 3.63) is 35.4 Å². The van der Waals surface area contributed by atoms with E-state index in [9.17, 15) is 9.90 Å². The molecule has 0 saturated carbocycles. The van der Waals surface area contributed by atoms with E-state index in [2.05, 4.69) is 10.6 Å². The van der Waals surface area contributed by atoms with Gasteiger partial charge in [0, 0.05) is 19.0 Å². The number of aliphatic hydroxyl groups excluding tert-OH is 1. The number of aliphatic hydroxyl groups is 1. The lowest BCUT2D eigenvalue weighted by Crippen LogP contribution is -2.36. The molecule has 0 radical (unpaired) electrons. The molecule has 0 saturated heterocycles. The molecule has 0 aliphatic carbocycles. The Labute approximate surface area is 121 Å². The van der Waals surface area contributed by atoms with E-state index in [-0.39, 0.29) is 30.8 Å². The third-order valence-electron chi connectivity index (χ3n) is 2.97. The molecular formula is C14H23ClN2O2. The number of aryl methyl sites for hydroxylation is 1. The molecular weight excluding hydrogens is 264 g/mol. The number of carbonyl (C=O) groups is 1. The van der Waals surface area contributed by atoms with E-state index in [0.717, 1.165) is 11.1 Å². The van der Waals surface area contributed by atoms with Gasteiger partial charge in [-0.2, -0.15) is 0 Å². The van der Waals surface area contributed by atoms with Crippen LogP contribution >= 0.6 is 12.4 Å². The van der Waals surface area contributed by atoms with Crippen LogP contribution in [0.4, 0.5) is 0 Å². The molecule has 1 aromatic rings.